The molecule has 0 fully saturated rings. The van der Waals surface area contributed by atoms with Crippen LogP contribution in [-0.4, -0.2) is 17.2 Å². The minimum absolute atomic E-state index is 0.451. The quantitative estimate of drug-likeness (QED) is 0.813. The highest BCUT2D eigenvalue weighted by atomic mass is 79.9. The van der Waals surface area contributed by atoms with Gasteiger partial charge in [0.15, 0.2) is 0 Å². The Morgan fingerprint density at radius 1 is 0.882 bits per heavy atom. The average Bonchev–Trinajstić information content (AvgIpc) is 2.30. The normalized spacial score (nSPS) is 10.4. The van der Waals surface area contributed by atoms with Crippen LogP contribution in [0.2, 0.25) is 0 Å². The van der Waals surface area contributed by atoms with Crippen molar-refractivity contribution >= 4 is 44.4 Å². The molecule has 5 heteroatoms. The van der Waals surface area contributed by atoms with Crippen molar-refractivity contribution in [3.05, 3.63) is 51.4 Å². The van der Waals surface area contributed by atoms with Gasteiger partial charge in [-0.05, 0) is 17.1 Å². The van der Waals surface area contributed by atoms with E-state index < -0.39 is 7.12 Å². The summed E-state index contributed by atoms with van der Waals surface area (Å²) in [6.45, 7) is 0. The first-order chi connectivity index (χ1) is 8.11. The first kappa shape index (κ1) is 12.8. The molecule has 0 heterocycles. The van der Waals surface area contributed by atoms with Crippen molar-refractivity contribution in [1.29, 1.82) is 0 Å². The summed E-state index contributed by atoms with van der Waals surface area (Å²) in [4.78, 5) is 0. The van der Waals surface area contributed by atoms with Crippen LogP contribution >= 0.6 is 31.9 Å². The molecule has 17 heavy (non-hydrogen) atoms. The highest BCUT2D eigenvalue weighted by molar-refractivity contribution is 9.11. The Balaban J connectivity index is 2.65. The standard InChI is InChI=1S/C12H9BBr2O2/c14-10-7-6-9(13(16)17)12(15)11(10)8-4-2-1-3-5-8/h1-7,16-17H. The minimum Gasteiger partial charge on any atom is -0.423 e. The van der Waals surface area contributed by atoms with Crippen LogP contribution in [0, 0.1) is 0 Å². The number of halogens is 2. The largest absolute Gasteiger partial charge is 0.489 e. The van der Waals surface area contributed by atoms with Gasteiger partial charge in [-0.15, -0.1) is 0 Å². The molecule has 0 bridgehead atoms. The van der Waals surface area contributed by atoms with Gasteiger partial charge in [-0.1, -0.05) is 68.3 Å². The van der Waals surface area contributed by atoms with Crippen molar-refractivity contribution < 1.29 is 10.0 Å². The third kappa shape index (κ3) is 2.63. The maximum Gasteiger partial charge on any atom is 0.489 e. The van der Waals surface area contributed by atoms with E-state index in [4.69, 9.17) is 0 Å². The van der Waals surface area contributed by atoms with Crippen LogP contribution in [0.4, 0.5) is 0 Å². The van der Waals surface area contributed by atoms with E-state index in [9.17, 15) is 10.0 Å². The monoisotopic (exact) mass is 354 g/mol. The van der Waals surface area contributed by atoms with Gasteiger partial charge in [-0.3, -0.25) is 0 Å². The predicted octanol–water partition coefficient (Wildman–Crippen LogP) is 2.56. The van der Waals surface area contributed by atoms with Crippen LogP contribution in [0.5, 0.6) is 0 Å². The second-order valence-corrected chi connectivity index (χ2v) is 5.21. The minimum atomic E-state index is -1.49. The van der Waals surface area contributed by atoms with Crippen LogP contribution in [0.3, 0.4) is 0 Å². The third-order valence-corrected chi connectivity index (χ3v) is 3.98. The van der Waals surface area contributed by atoms with E-state index in [1.165, 1.54) is 0 Å². The molecule has 2 rings (SSSR count). The van der Waals surface area contributed by atoms with Gasteiger partial charge in [0, 0.05) is 14.5 Å². The lowest BCUT2D eigenvalue weighted by Crippen LogP contribution is -2.31. The highest BCUT2D eigenvalue weighted by Crippen LogP contribution is 2.33. The summed E-state index contributed by atoms with van der Waals surface area (Å²) >= 11 is 6.89. The molecule has 0 saturated heterocycles. The molecule has 0 radical (unpaired) electrons. The van der Waals surface area contributed by atoms with E-state index in [2.05, 4.69) is 31.9 Å². The van der Waals surface area contributed by atoms with Crippen LogP contribution in [-0.2, 0) is 0 Å². The Morgan fingerprint density at radius 3 is 2.12 bits per heavy atom. The van der Waals surface area contributed by atoms with E-state index in [1.807, 2.05) is 36.4 Å². The topological polar surface area (TPSA) is 40.5 Å². The third-order valence-electron chi connectivity index (χ3n) is 2.46. The lowest BCUT2D eigenvalue weighted by atomic mass is 9.79. The van der Waals surface area contributed by atoms with Gasteiger partial charge in [0.25, 0.3) is 0 Å². The fourth-order valence-corrected chi connectivity index (χ4v) is 3.24. The molecule has 0 atom stereocenters. The fraction of sp³-hybridized carbons (Fsp3) is 0. The van der Waals surface area contributed by atoms with E-state index in [1.54, 1.807) is 6.07 Å². The van der Waals surface area contributed by atoms with E-state index in [0.29, 0.717) is 9.94 Å². The molecule has 86 valence electrons. The number of hydrogen-bond donors (Lipinski definition) is 2. The van der Waals surface area contributed by atoms with Crippen LogP contribution in [0.25, 0.3) is 11.1 Å². The molecule has 2 nitrogen and oxygen atoms in total. The van der Waals surface area contributed by atoms with E-state index in [0.717, 1.165) is 15.6 Å². The van der Waals surface area contributed by atoms with Crippen LogP contribution in [0.15, 0.2) is 51.4 Å². The molecular weight excluding hydrogens is 347 g/mol. The summed E-state index contributed by atoms with van der Waals surface area (Å²) in [5.41, 5.74) is 2.37. The summed E-state index contributed by atoms with van der Waals surface area (Å²) in [7, 11) is -1.49. The Labute approximate surface area is 117 Å². The summed E-state index contributed by atoms with van der Waals surface area (Å²) in [5, 5.41) is 18.6. The van der Waals surface area contributed by atoms with Crippen molar-refractivity contribution in [2.24, 2.45) is 0 Å². The molecule has 2 aromatic carbocycles. The maximum atomic E-state index is 9.28. The summed E-state index contributed by atoms with van der Waals surface area (Å²) in [5.74, 6) is 0. The van der Waals surface area contributed by atoms with Gasteiger partial charge in [0.2, 0.25) is 0 Å². The smallest absolute Gasteiger partial charge is 0.423 e. The van der Waals surface area contributed by atoms with Crippen molar-refractivity contribution in [2.75, 3.05) is 0 Å². The molecule has 0 aliphatic carbocycles. The lowest BCUT2D eigenvalue weighted by molar-refractivity contribution is 0.425. The summed E-state index contributed by atoms with van der Waals surface area (Å²) < 4.78 is 1.59. The average molecular weight is 356 g/mol. The number of benzene rings is 2. The molecule has 0 unspecified atom stereocenters. The molecule has 0 aliphatic heterocycles. The van der Waals surface area contributed by atoms with Gasteiger partial charge < -0.3 is 10.0 Å². The Bertz CT molecular complexity index is 530. The van der Waals surface area contributed by atoms with Crippen molar-refractivity contribution in [3.63, 3.8) is 0 Å². The molecule has 0 aliphatic rings. The zero-order chi connectivity index (χ0) is 12.4. The fourth-order valence-electron chi connectivity index (χ4n) is 1.64. The molecule has 0 spiro atoms. The van der Waals surface area contributed by atoms with Crippen molar-refractivity contribution in [3.8, 4) is 11.1 Å². The van der Waals surface area contributed by atoms with Crippen molar-refractivity contribution in [2.45, 2.75) is 0 Å². The Hall–Kier alpha value is -0.615. The summed E-state index contributed by atoms with van der Waals surface area (Å²) in [6, 6.07) is 13.2. The first-order valence-electron chi connectivity index (χ1n) is 5.00. The number of rotatable bonds is 2. The Kier molecular flexibility index (Phi) is 4.04. The first-order valence-corrected chi connectivity index (χ1v) is 6.59. The lowest BCUT2D eigenvalue weighted by Gasteiger charge is -2.12. The van der Waals surface area contributed by atoms with E-state index >= 15 is 0 Å². The molecule has 2 aromatic rings. The molecule has 0 saturated carbocycles. The second kappa shape index (κ2) is 5.35. The zero-order valence-corrected chi connectivity index (χ0v) is 11.9. The molecule has 0 amide bonds. The SMILES string of the molecule is OB(O)c1ccc(Br)c(-c2ccccc2)c1Br. The van der Waals surface area contributed by atoms with Crippen LogP contribution < -0.4 is 5.46 Å². The van der Waals surface area contributed by atoms with Gasteiger partial charge in [0.1, 0.15) is 0 Å². The zero-order valence-electron chi connectivity index (χ0n) is 8.77. The Morgan fingerprint density at radius 2 is 1.53 bits per heavy atom. The second-order valence-electron chi connectivity index (χ2n) is 3.57. The molecule has 0 aromatic heterocycles. The van der Waals surface area contributed by atoms with Gasteiger partial charge >= 0.3 is 7.12 Å². The number of hydrogen-bond acceptors (Lipinski definition) is 2. The van der Waals surface area contributed by atoms with Gasteiger partial charge in [0.05, 0.1) is 0 Å². The highest BCUT2D eigenvalue weighted by Gasteiger charge is 2.19. The maximum absolute atomic E-state index is 9.28. The van der Waals surface area contributed by atoms with Crippen LogP contribution in [0.1, 0.15) is 0 Å². The molecular formula is C12H9BBr2O2. The molecule has 2 N–H and O–H groups in total. The van der Waals surface area contributed by atoms with Gasteiger partial charge in [-0.2, -0.15) is 0 Å². The van der Waals surface area contributed by atoms with Gasteiger partial charge in [-0.25, -0.2) is 0 Å². The summed E-state index contributed by atoms with van der Waals surface area (Å²) in [6.07, 6.45) is 0. The van der Waals surface area contributed by atoms with E-state index in [-0.39, 0.29) is 0 Å². The van der Waals surface area contributed by atoms with Crippen molar-refractivity contribution in [1.82, 2.24) is 0 Å². The predicted molar refractivity (Wildman–Crippen MR) is 77.1 cm³/mol.